The molecule has 0 fully saturated rings. The van der Waals surface area contributed by atoms with E-state index < -0.39 is 0 Å². The summed E-state index contributed by atoms with van der Waals surface area (Å²) in [5.41, 5.74) is 0.814. The molecule has 0 amide bonds. The maximum Gasteiger partial charge on any atom is 0.333 e. The molecular formula is C16H28O3. The summed E-state index contributed by atoms with van der Waals surface area (Å²) in [6, 6.07) is 0. The number of aliphatic hydroxyl groups is 1. The fraction of sp³-hybridized carbons (Fsp3) is 0.812. The van der Waals surface area contributed by atoms with Crippen LogP contribution in [0.1, 0.15) is 52.9 Å². The van der Waals surface area contributed by atoms with Gasteiger partial charge in [0, 0.05) is 5.57 Å². The van der Waals surface area contributed by atoms with Crippen molar-refractivity contribution in [1.82, 2.24) is 0 Å². The summed E-state index contributed by atoms with van der Waals surface area (Å²) in [7, 11) is 1.43. The number of carbonyl (C=O) groups excluding carboxylic acids is 1. The van der Waals surface area contributed by atoms with E-state index in [2.05, 4.69) is 20.8 Å². The minimum Gasteiger partial charge on any atom is -0.466 e. The lowest BCUT2D eigenvalue weighted by Gasteiger charge is -2.28. The van der Waals surface area contributed by atoms with Crippen LogP contribution in [0.25, 0.3) is 0 Å². The molecule has 0 aromatic carbocycles. The number of ether oxygens (including phenoxy) is 1. The van der Waals surface area contributed by atoms with Crippen LogP contribution in [0.2, 0.25) is 0 Å². The van der Waals surface area contributed by atoms with Gasteiger partial charge in [-0.3, -0.25) is 0 Å². The first-order valence-corrected chi connectivity index (χ1v) is 7.39. The van der Waals surface area contributed by atoms with Crippen molar-refractivity contribution in [2.75, 3.05) is 7.11 Å². The first-order chi connectivity index (χ1) is 8.93. The van der Waals surface area contributed by atoms with E-state index in [1.807, 2.05) is 6.08 Å². The number of methoxy groups -OCH3 is 1. The number of rotatable bonds is 6. The van der Waals surface area contributed by atoms with Crippen LogP contribution < -0.4 is 0 Å². The van der Waals surface area contributed by atoms with E-state index in [0.717, 1.165) is 37.7 Å². The van der Waals surface area contributed by atoms with E-state index in [0.29, 0.717) is 17.8 Å². The third-order valence-corrected chi connectivity index (χ3v) is 4.09. The van der Waals surface area contributed by atoms with Gasteiger partial charge in [-0.2, -0.15) is 0 Å². The zero-order valence-corrected chi connectivity index (χ0v) is 12.7. The second kappa shape index (κ2) is 7.68. The molecule has 3 atom stereocenters. The minimum atomic E-state index is -0.194. The molecule has 1 aliphatic carbocycles. The van der Waals surface area contributed by atoms with E-state index in [1.54, 1.807) is 0 Å². The van der Waals surface area contributed by atoms with Crippen LogP contribution in [-0.2, 0) is 9.53 Å². The molecule has 3 nitrogen and oxygen atoms in total. The van der Waals surface area contributed by atoms with Crippen molar-refractivity contribution < 1.29 is 14.6 Å². The van der Waals surface area contributed by atoms with Crippen LogP contribution in [0.3, 0.4) is 0 Å². The number of aliphatic hydroxyl groups excluding tert-OH is 1. The lowest BCUT2D eigenvalue weighted by atomic mass is 9.78. The summed E-state index contributed by atoms with van der Waals surface area (Å²) >= 11 is 0. The Hall–Kier alpha value is -0.830. The van der Waals surface area contributed by atoms with Gasteiger partial charge in [-0.15, -0.1) is 0 Å². The van der Waals surface area contributed by atoms with Gasteiger partial charge in [-0.25, -0.2) is 4.79 Å². The number of carbonyl (C=O) groups is 1. The molecular weight excluding hydrogens is 240 g/mol. The number of hydrogen-bond donors (Lipinski definition) is 1. The van der Waals surface area contributed by atoms with E-state index in [1.165, 1.54) is 7.11 Å². The summed E-state index contributed by atoms with van der Waals surface area (Å²) < 4.78 is 4.75. The summed E-state index contributed by atoms with van der Waals surface area (Å²) in [6.45, 7) is 6.49. The molecule has 0 bridgehead atoms. The van der Waals surface area contributed by atoms with Crippen molar-refractivity contribution in [2.24, 2.45) is 17.8 Å². The number of allylic oxidation sites excluding steroid dienone is 1. The highest BCUT2D eigenvalue weighted by atomic mass is 16.5. The standard InChI is InChI=1S/C16H28O3/c1-11(2)9-15(17)10-12(3)13-5-7-14(8-6-13)16(18)19-4/h7,11-13,15,17H,5-6,8-10H2,1-4H3. The lowest BCUT2D eigenvalue weighted by Crippen LogP contribution is -2.22. The predicted molar refractivity (Wildman–Crippen MR) is 76.7 cm³/mol. The molecule has 1 rings (SSSR count). The van der Waals surface area contributed by atoms with Crippen molar-refractivity contribution in [3.63, 3.8) is 0 Å². The average molecular weight is 268 g/mol. The zero-order chi connectivity index (χ0) is 14.4. The van der Waals surface area contributed by atoms with E-state index in [-0.39, 0.29) is 12.1 Å². The second-order valence-corrected chi connectivity index (χ2v) is 6.25. The summed E-state index contributed by atoms with van der Waals surface area (Å²) in [6.07, 6.45) is 6.33. The molecule has 0 aromatic rings. The lowest BCUT2D eigenvalue weighted by molar-refractivity contribution is -0.136. The molecule has 0 spiro atoms. The Morgan fingerprint density at radius 3 is 2.58 bits per heavy atom. The Kier molecular flexibility index (Phi) is 6.56. The molecule has 0 aromatic heterocycles. The zero-order valence-electron chi connectivity index (χ0n) is 12.7. The Bertz CT molecular complexity index is 320. The Morgan fingerprint density at radius 1 is 1.42 bits per heavy atom. The molecule has 0 heterocycles. The van der Waals surface area contributed by atoms with E-state index in [4.69, 9.17) is 4.74 Å². The predicted octanol–water partition coefficient (Wildman–Crippen LogP) is 3.32. The van der Waals surface area contributed by atoms with Crippen LogP contribution in [0, 0.1) is 17.8 Å². The molecule has 1 aliphatic rings. The van der Waals surface area contributed by atoms with E-state index >= 15 is 0 Å². The molecule has 0 saturated heterocycles. The third-order valence-electron chi connectivity index (χ3n) is 4.09. The van der Waals surface area contributed by atoms with Crippen LogP contribution in [0.15, 0.2) is 11.6 Å². The largest absolute Gasteiger partial charge is 0.466 e. The van der Waals surface area contributed by atoms with Gasteiger partial charge >= 0.3 is 5.97 Å². The van der Waals surface area contributed by atoms with Crippen LogP contribution in [0.4, 0.5) is 0 Å². The van der Waals surface area contributed by atoms with Gasteiger partial charge in [-0.1, -0.05) is 26.8 Å². The normalized spacial score (nSPS) is 22.8. The quantitative estimate of drug-likeness (QED) is 0.752. The molecule has 0 aliphatic heterocycles. The van der Waals surface area contributed by atoms with Crippen molar-refractivity contribution in [3.05, 3.63) is 11.6 Å². The molecule has 3 heteroatoms. The van der Waals surface area contributed by atoms with Gasteiger partial charge < -0.3 is 9.84 Å². The van der Waals surface area contributed by atoms with Crippen LogP contribution in [-0.4, -0.2) is 24.3 Å². The second-order valence-electron chi connectivity index (χ2n) is 6.25. The third kappa shape index (κ3) is 5.35. The molecule has 19 heavy (non-hydrogen) atoms. The van der Waals surface area contributed by atoms with Gasteiger partial charge in [0.1, 0.15) is 0 Å². The highest BCUT2D eigenvalue weighted by Gasteiger charge is 2.25. The number of hydrogen-bond acceptors (Lipinski definition) is 3. The highest BCUT2D eigenvalue weighted by Crippen LogP contribution is 2.32. The Morgan fingerprint density at radius 2 is 2.11 bits per heavy atom. The molecule has 0 radical (unpaired) electrons. The van der Waals surface area contributed by atoms with Gasteiger partial charge in [0.2, 0.25) is 0 Å². The number of esters is 1. The van der Waals surface area contributed by atoms with Crippen molar-refractivity contribution in [3.8, 4) is 0 Å². The fourth-order valence-corrected chi connectivity index (χ4v) is 2.95. The first kappa shape index (κ1) is 16.2. The molecule has 110 valence electrons. The van der Waals surface area contributed by atoms with Gasteiger partial charge in [-0.05, 0) is 49.9 Å². The molecule has 0 saturated carbocycles. The Labute approximate surface area is 117 Å². The highest BCUT2D eigenvalue weighted by molar-refractivity contribution is 5.88. The monoisotopic (exact) mass is 268 g/mol. The van der Waals surface area contributed by atoms with Crippen molar-refractivity contribution >= 4 is 5.97 Å². The van der Waals surface area contributed by atoms with Crippen molar-refractivity contribution in [2.45, 2.75) is 59.0 Å². The summed E-state index contributed by atoms with van der Waals surface area (Å²) in [4.78, 5) is 11.4. The van der Waals surface area contributed by atoms with Crippen molar-refractivity contribution in [1.29, 1.82) is 0 Å². The maximum absolute atomic E-state index is 11.4. The van der Waals surface area contributed by atoms with Crippen LogP contribution >= 0.6 is 0 Å². The van der Waals surface area contributed by atoms with E-state index in [9.17, 15) is 9.90 Å². The Balaban J connectivity index is 2.42. The average Bonchev–Trinajstić information content (AvgIpc) is 2.36. The minimum absolute atomic E-state index is 0.189. The smallest absolute Gasteiger partial charge is 0.333 e. The first-order valence-electron chi connectivity index (χ1n) is 7.39. The molecule has 3 unspecified atom stereocenters. The van der Waals surface area contributed by atoms with Gasteiger partial charge in [0.25, 0.3) is 0 Å². The maximum atomic E-state index is 11.4. The fourth-order valence-electron chi connectivity index (χ4n) is 2.95. The van der Waals surface area contributed by atoms with Gasteiger partial charge in [0.05, 0.1) is 13.2 Å². The molecule has 1 N–H and O–H groups in total. The van der Waals surface area contributed by atoms with Gasteiger partial charge in [0.15, 0.2) is 0 Å². The summed E-state index contributed by atoms with van der Waals surface area (Å²) in [5, 5.41) is 10.0. The topological polar surface area (TPSA) is 46.5 Å². The van der Waals surface area contributed by atoms with Crippen LogP contribution in [0.5, 0.6) is 0 Å². The summed E-state index contributed by atoms with van der Waals surface area (Å²) in [5.74, 6) is 1.43. The SMILES string of the molecule is COC(=O)C1=CCC(C(C)CC(O)CC(C)C)CC1.